The third-order valence-electron chi connectivity index (χ3n) is 2.07. The molecule has 0 fully saturated rings. The largest absolute Gasteiger partial charge is 0.502 e. The molecule has 1 aromatic rings. The fourth-order valence-corrected chi connectivity index (χ4v) is 1.23. The van der Waals surface area contributed by atoms with Crippen molar-refractivity contribution in [3.63, 3.8) is 0 Å². The second-order valence-electron chi connectivity index (χ2n) is 3.29. The monoisotopic (exact) mass is 268 g/mol. The molecule has 1 heterocycles. The van der Waals surface area contributed by atoms with E-state index in [0.717, 1.165) is 12.3 Å². The molecular formula is C11H12N2O6. The normalized spacial score (nSPS) is 10.9. The summed E-state index contributed by atoms with van der Waals surface area (Å²) in [4.78, 5) is 25.0. The van der Waals surface area contributed by atoms with Gasteiger partial charge in [-0.15, -0.1) is 0 Å². The number of methoxy groups -OCH3 is 1. The number of rotatable bonds is 5. The molecule has 8 nitrogen and oxygen atoms in total. The first-order valence-corrected chi connectivity index (χ1v) is 5.25. The van der Waals surface area contributed by atoms with Gasteiger partial charge in [0.1, 0.15) is 6.20 Å². The Balaban J connectivity index is 3.20. The van der Waals surface area contributed by atoms with Crippen LogP contribution in [0.15, 0.2) is 18.0 Å². The van der Waals surface area contributed by atoms with Gasteiger partial charge in [-0.2, -0.15) is 0 Å². The molecule has 0 atom stereocenters. The Morgan fingerprint density at radius 3 is 2.84 bits per heavy atom. The van der Waals surface area contributed by atoms with Gasteiger partial charge in [-0.05, 0) is 6.92 Å². The number of nitrogens with zero attached hydrogens (tertiary/aromatic N) is 2. The molecule has 1 aromatic heterocycles. The van der Waals surface area contributed by atoms with Crippen LogP contribution < -0.4 is 4.74 Å². The zero-order valence-corrected chi connectivity index (χ0v) is 10.3. The fraction of sp³-hybridized carbons (Fsp3) is 0.273. The molecule has 0 amide bonds. The summed E-state index contributed by atoms with van der Waals surface area (Å²) in [5.74, 6) is -1.58. The number of aliphatic hydroxyl groups excluding tert-OH is 1. The summed E-state index contributed by atoms with van der Waals surface area (Å²) in [6.07, 6.45) is 1.91. The lowest BCUT2D eigenvalue weighted by Gasteiger charge is -2.03. The zero-order chi connectivity index (χ0) is 14.4. The highest BCUT2D eigenvalue weighted by Gasteiger charge is 2.17. The smallest absolute Gasteiger partial charge is 0.373 e. The second-order valence-corrected chi connectivity index (χ2v) is 3.29. The molecular weight excluding hydrogens is 256 g/mol. The first-order valence-electron chi connectivity index (χ1n) is 5.25. The molecule has 0 aliphatic carbocycles. The van der Waals surface area contributed by atoms with E-state index in [2.05, 4.69) is 9.72 Å². The SMILES string of the molecule is CCOC(=O)/C(O)=C/c1cc(OC)ncc1[N+](=O)[O-]. The van der Waals surface area contributed by atoms with Gasteiger partial charge in [0.05, 0.1) is 24.2 Å². The van der Waals surface area contributed by atoms with Crippen LogP contribution in [-0.4, -0.2) is 34.7 Å². The Hall–Kier alpha value is -2.64. The average molecular weight is 268 g/mol. The molecule has 0 saturated carbocycles. The van der Waals surface area contributed by atoms with E-state index in [9.17, 15) is 20.0 Å². The molecule has 0 aliphatic heterocycles. The van der Waals surface area contributed by atoms with Crippen LogP contribution in [0.2, 0.25) is 0 Å². The van der Waals surface area contributed by atoms with Crippen molar-refractivity contribution in [1.29, 1.82) is 0 Å². The first kappa shape index (κ1) is 14.4. The van der Waals surface area contributed by atoms with Crippen LogP contribution in [0.25, 0.3) is 6.08 Å². The molecule has 1 N–H and O–H groups in total. The lowest BCUT2D eigenvalue weighted by Crippen LogP contribution is -2.07. The van der Waals surface area contributed by atoms with Crippen molar-refractivity contribution in [3.05, 3.63) is 33.7 Å². The van der Waals surface area contributed by atoms with E-state index in [1.165, 1.54) is 13.2 Å². The van der Waals surface area contributed by atoms with Crippen LogP contribution in [0.3, 0.4) is 0 Å². The van der Waals surface area contributed by atoms with Crippen molar-refractivity contribution < 1.29 is 24.3 Å². The Bertz CT molecular complexity index is 526. The van der Waals surface area contributed by atoms with Gasteiger partial charge in [-0.25, -0.2) is 9.78 Å². The zero-order valence-electron chi connectivity index (χ0n) is 10.3. The Kier molecular flexibility index (Phi) is 4.81. The molecule has 0 spiro atoms. The Morgan fingerprint density at radius 1 is 1.63 bits per heavy atom. The van der Waals surface area contributed by atoms with Crippen LogP contribution in [0.5, 0.6) is 5.88 Å². The number of esters is 1. The number of aromatic nitrogens is 1. The highest BCUT2D eigenvalue weighted by molar-refractivity contribution is 5.91. The number of carbonyl (C=O) groups is 1. The Labute approximate surface area is 108 Å². The van der Waals surface area contributed by atoms with Crippen LogP contribution in [0.1, 0.15) is 12.5 Å². The van der Waals surface area contributed by atoms with Crippen molar-refractivity contribution >= 4 is 17.7 Å². The van der Waals surface area contributed by atoms with Crippen molar-refractivity contribution in [1.82, 2.24) is 4.98 Å². The third-order valence-corrected chi connectivity index (χ3v) is 2.07. The second kappa shape index (κ2) is 6.34. The summed E-state index contributed by atoms with van der Waals surface area (Å²) in [5.41, 5.74) is -0.376. The van der Waals surface area contributed by atoms with Crippen LogP contribution in [0.4, 0.5) is 5.69 Å². The number of hydrogen-bond acceptors (Lipinski definition) is 7. The molecule has 102 valence electrons. The van der Waals surface area contributed by atoms with E-state index < -0.39 is 16.7 Å². The predicted octanol–water partition coefficient (Wildman–Crippen LogP) is 1.46. The maximum absolute atomic E-state index is 11.2. The molecule has 1 rings (SSSR count). The predicted molar refractivity (Wildman–Crippen MR) is 64.7 cm³/mol. The lowest BCUT2D eigenvalue weighted by molar-refractivity contribution is -0.385. The van der Waals surface area contributed by atoms with E-state index in [4.69, 9.17) is 4.74 Å². The minimum Gasteiger partial charge on any atom is -0.502 e. The minimum atomic E-state index is -0.965. The number of nitro groups is 1. The standard InChI is InChI=1S/C11H12N2O6/c1-3-19-11(15)9(14)4-7-5-10(18-2)12-6-8(7)13(16)17/h4-6,14H,3H2,1-2H3/b9-4-. The Morgan fingerprint density at radius 2 is 2.32 bits per heavy atom. The van der Waals surface area contributed by atoms with Crippen LogP contribution >= 0.6 is 0 Å². The number of carbonyl (C=O) groups excluding carboxylic acids is 1. The summed E-state index contributed by atoms with van der Waals surface area (Å²) < 4.78 is 9.38. The van der Waals surface area contributed by atoms with Gasteiger partial charge in [0.2, 0.25) is 11.6 Å². The van der Waals surface area contributed by atoms with Crippen molar-refractivity contribution in [3.8, 4) is 5.88 Å². The van der Waals surface area contributed by atoms with Gasteiger partial charge in [0.15, 0.2) is 0 Å². The van der Waals surface area contributed by atoms with E-state index in [1.54, 1.807) is 6.92 Å². The van der Waals surface area contributed by atoms with Gasteiger partial charge in [0.25, 0.3) is 5.69 Å². The highest BCUT2D eigenvalue weighted by Crippen LogP contribution is 2.23. The third kappa shape index (κ3) is 3.66. The minimum absolute atomic E-state index is 0.0117. The quantitative estimate of drug-likeness (QED) is 0.283. The maximum atomic E-state index is 11.2. The molecule has 0 bridgehead atoms. The highest BCUT2D eigenvalue weighted by atomic mass is 16.6. The van der Waals surface area contributed by atoms with E-state index in [1.807, 2.05) is 0 Å². The number of aliphatic hydroxyl groups is 1. The van der Waals surface area contributed by atoms with Gasteiger partial charge < -0.3 is 14.6 Å². The fourth-order valence-electron chi connectivity index (χ4n) is 1.23. The lowest BCUT2D eigenvalue weighted by atomic mass is 10.2. The summed E-state index contributed by atoms with van der Waals surface area (Å²) >= 11 is 0. The summed E-state index contributed by atoms with van der Waals surface area (Å²) in [6, 6.07) is 1.23. The van der Waals surface area contributed by atoms with Gasteiger partial charge >= 0.3 is 5.97 Å². The van der Waals surface area contributed by atoms with Crippen molar-refractivity contribution in [2.24, 2.45) is 0 Å². The van der Waals surface area contributed by atoms with E-state index in [-0.39, 0.29) is 23.7 Å². The number of pyridine rings is 1. The topological polar surface area (TPSA) is 112 Å². The molecule has 0 aliphatic rings. The van der Waals surface area contributed by atoms with Gasteiger partial charge in [0, 0.05) is 12.1 Å². The molecule has 0 saturated heterocycles. The average Bonchev–Trinajstić information content (AvgIpc) is 2.38. The van der Waals surface area contributed by atoms with Gasteiger partial charge in [-0.1, -0.05) is 0 Å². The number of hydrogen-bond donors (Lipinski definition) is 1. The van der Waals surface area contributed by atoms with Crippen LogP contribution in [-0.2, 0) is 9.53 Å². The molecule has 0 aromatic carbocycles. The van der Waals surface area contributed by atoms with E-state index in [0.29, 0.717) is 0 Å². The van der Waals surface area contributed by atoms with Crippen molar-refractivity contribution in [2.75, 3.05) is 13.7 Å². The van der Waals surface area contributed by atoms with Gasteiger partial charge in [-0.3, -0.25) is 10.1 Å². The molecule has 0 unspecified atom stereocenters. The molecule has 0 radical (unpaired) electrons. The summed E-state index contributed by atoms with van der Waals surface area (Å²) in [5, 5.41) is 20.3. The van der Waals surface area contributed by atoms with Crippen molar-refractivity contribution in [2.45, 2.75) is 6.92 Å². The summed E-state index contributed by atoms with van der Waals surface area (Å²) in [7, 11) is 1.34. The maximum Gasteiger partial charge on any atom is 0.373 e. The first-order chi connectivity index (χ1) is 8.99. The number of ether oxygens (including phenoxy) is 2. The molecule has 19 heavy (non-hydrogen) atoms. The molecule has 8 heteroatoms. The van der Waals surface area contributed by atoms with E-state index >= 15 is 0 Å². The van der Waals surface area contributed by atoms with Crippen LogP contribution in [0, 0.1) is 10.1 Å². The summed E-state index contributed by atoms with van der Waals surface area (Å²) in [6.45, 7) is 1.65.